The number of ketones is 1. The molecule has 0 bridgehead atoms. The number of likely N-dealkylation sites (tertiary alicyclic amines) is 1. The van der Waals surface area contributed by atoms with Gasteiger partial charge in [-0.1, -0.05) is 0 Å². The second-order valence-electron chi connectivity index (χ2n) is 8.62. The van der Waals surface area contributed by atoms with Gasteiger partial charge < -0.3 is 5.32 Å². The Balaban J connectivity index is 1.36. The summed E-state index contributed by atoms with van der Waals surface area (Å²) in [5.41, 5.74) is 2.09. The third-order valence-electron chi connectivity index (χ3n) is 5.78. The molecular weight excluding hydrogens is 442 g/mol. The average molecular weight is 469 g/mol. The number of amides is 1. The predicted octanol–water partition coefficient (Wildman–Crippen LogP) is 3.40. The maximum absolute atomic E-state index is 14.0. The number of piperidine rings is 1. The number of aryl methyl sites for hydroxylation is 3. The number of benzene rings is 1. The molecule has 1 aliphatic heterocycles. The molecule has 0 spiro atoms. The third-order valence-corrected chi connectivity index (χ3v) is 5.78. The van der Waals surface area contributed by atoms with Gasteiger partial charge in [0.15, 0.2) is 5.78 Å². The Hall–Kier alpha value is -3.53. The maximum Gasteiger partial charge on any atom is 0.252 e. The SMILES string of the molecule is Cc1cc(C)nc(-n2nc(C)cc2NC(=O)CN2CCC(C(=O)c3cc(F)ccc3F)CC2)n1. The monoisotopic (exact) mass is 468 g/mol. The number of hydrogen-bond donors (Lipinski definition) is 1. The van der Waals surface area contributed by atoms with Gasteiger partial charge in [-0.2, -0.15) is 9.78 Å². The molecule has 3 heterocycles. The number of carbonyl (C=O) groups excluding carboxylic acids is 2. The summed E-state index contributed by atoms with van der Waals surface area (Å²) in [7, 11) is 0. The second kappa shape index (κ2) is 9.76. The molecule has 1 aromatic carbocycles. The van der Waals surface area contributed by atoms with Crippen LogP contribution in [-0.2, 0) is 4.79 Å². The van der Waals surface area contributed by atoms with Crippen molar-refractivity contribution in [3.63, 3.8) is 0 Å². The Morgan fingerprint density at radius 3 is 2.35 bits per heavy atom. The summed E-state index contributed by atoms with van der Waals surface area (Å²) in [6, 6.07) is 6.51. The number of anilines is 1. The molecule has 3 aromatic rings. The molecule has 8 nitrogen and oxygen atoms in total. The van der Waals surface area contributed by atoms with Crippen molar-refractivity contribution in [2.75, 3.05) is 25.0 Å². The van der Waals surface area contributed by atoms with E-state index in [9.17, 15) is 18.4 Å². The van der Waals surface area contributed by atoms with Gasteiger partial charge in [-0.05, 0) is 71.0 Å². The van der Waals surface area contributed by atoms with Gasteiger partial charge in [0, 0.05) is 23.4 Å². The van der Waals surface area contributed by atoms with Gasteiger partial charge in [-0.15, -0.1) is 0 Å². The lowest BCUT2D eigenvalue weighted by Crippen LogP contribution is -2.41. The van der Waals surface area contributed by atoms with Crippen molar-refractivity contribution in [1.29, 1.82) is 0 Å². The quantitative estimate of drug-likeness (QED) is 0.558. The number of rotatable bonds is 6. The Bertz CT molecular complexity index is 1210. The van der Waals surface area contributed by atoms with E-state index in [0.29, 0.717) is 43.4 Å². The molecule has 0 radical (unpaired) electrons. The van der Waals surface area contributed by atoms with Crippen LogP contribution in [0.5, 0.6) is 0 Å². The molecule has 178 valence electrons. The lowest BCUT2D eigenvalue weighted by Gasteiger charge is -2.30. The van der Waals surface area contributed by atoms with Gasteiger partial charge >= 0.3 is 0 Å². The number of Topliss-reactive ketones (excluding diaryl/α,β-unsaturated/α-hetero) is 1. The van der Waals surface area contributed by atoms with Crippen molar-refractivity contribution in [3.05, 3.63) is 64.6 Å². The first-order valence-corrected chi connectivity index (χ1v) is 11.1. The molecule has 1 saturated heterocycles. The molecule has 1 aliphatic rings. The van der Waals surface area contributed by atoms with Gasteiger partial charge in [0.2, 0.25) is 5.91 Å². The highest BCUT2D eigenvalue weighted by atomic mass is 19.1. The van der Waals surface area contributed by atoms with Gasteiger partial charge in [0.25, 0.3) is 5.95 Å². The minimum atomic E-state index is -0.715. The molecule has 0 aliphatic carbocycles. The Morgan fingerprint density at radius 2 is 1.68 bits per heavy atom. The van der Waals surface area contributed by atoms with Crippen LogP contribution in [0.25, 0.3) is 5.95 Å². The lowest BCUT2D eigenvalue weighted by molar-refractivity contribution is -0.117. The van der Waals surface area contributed by atoms with Crippen molar-refractivity contribution in [1.82, 2.24) is 24.6 Å². The summed E-state index contributed by atoms with van der Waals surface area (Å²) >= 11 is 0. The van der Waals surface area contributed by atoms with E-state index >= 15 is 0 Å². The van der Waals surface area contributed by atoms with Gasteiger partial charge in [-0.25, -0.2) is 18.7 Å². The molecule has 0 atom stereocenters. The Morgan fingerprint density at radius 1 is 1.00 bits per heavy atom. The van der Waals surface area contributed by atoms with Crippen molar-refractivity contribution in [2.45, 2.75) is 33.6 Å². The Kier molecular flexibility index (Phi) is 6.78. The van der Waals surface area contributed by atoms with Crippen LogP contribution in [0.15, 0.2) is 30.3 Å². The second-order valence-corrected chi connectivity index (χ2v) is 8.62. The van der Waals surface area contributed by atoms with Crippen molar-refractivity contribution in [2.24, 2.45) is 5.92 Å². The van der Waals surface area contributed by atoms with Crippen molar-refractivity contribution in [3.8, 4) is 5.95 Å². The van der Waals surface area contributed by atoms with Crippen LogP contribution in [0, 0.1) is 38.3 Å². The molecular formula is C24H26F2N6O2. The third kappa shape index (κ3) is 5.33. The minimum Gasteiger partial charge on any atom is -0.309 e. The first-order chi connectivity index (χ1) is 16.2. The smallest absolute Gasteiger partial charge is 0.252 e. The van der Waals surface area contributed by atoms with Crippen LogP contribution >= 0.6 is 0 Å². The van der Waals surface area contributed by atoms with E-state index in [1.54, 1.807) is 6.07 Å². The number of halogens is 2. The van der Waals surface area contributed by atoms with Crippen LogP contribution < -0.4 is 5.32 Å². The number of hydrogen-bond acceptors (Lipinski definition) is 6. The van der Waals surface area contributed by atoms with E-state index in [2.05, 4.69) is 20.4 Å². The fourth-order valence-electron chi connectivity index (χ4n) is 4.19. The average Bonchev–Trinajstić information content (AvgIpc) is 3.14. The molecule has 0 unspecified atom stereocenters. The van der Waals surface area contributed by atoms with Crippen LogP contribution in [0.2, 0.25) is 0 Å². The van der Waals surface area contributed by atoms with Crippen molar-refractivity contribution < 1.29 is 18.4 Å². The van der Waals surface area contributed by atoms with E-state index in [1.165, 1.54) is 4.68 Å². The molecule has 1 N–H and O–H groups in total. The van der Waals surface area contributed by atoms with Crippen LogP contribution in [0.4, 0.5) is 14.6 Å². The molecule has 1 fully saturated rings. The summed E-state index contributed by atoms with van der Waals surface area (Å²) in [5.74, 6) is -1.53. The number of carbonyl (C=O) groups is 2. The van der Waals surface area contributed by atoms with Crippen LogP contribution in [0.1, 0.15) is 40.3 Å². The zero-order valence-electron chi connectivity index (χ0n) is 19.3. The fourth-order valence-corrected chi connectivity index (χ4v) is 4.19. The molecule has 2 aromatic heterocycles. The highest BCUT2D eigenvalue weighted by molar-refractivity contribution is 5.98. The van der Waals surface area contributed by atoms with E-state index in [1.807, 2.05) is 31.7 Å². The van der Waals surface area contributed by atoms with Gasteiger partial charge in [0.1, 0.15) is 17.5 Å². The first-order valence-electron chi connectivity index (χ1n) is 11.1. The molecule has 4 rings (SSSR count). The number of nitrogens with one attached hydrogen (secondary N) is 1. The number of aromatic nitrogens is 4. The zero-order valence-corrected chi connectivity index (χ0v) is 19.3. The topological polar surface area (TPSA) is 93.0 Å². The maximum atomic E-state index is 14.0. The predicted molar refractivity (Wildman–Crippen MR) is 122 cm³/mol. The van der Waals surface area contributed by atoms with E-state index in [-0.39, 0.29) is 18.0 Å². The minimum absolute atomic E-state index is 0.132. The summed E-state index contributed by atoms with van der Waals surface area (Å²) in [6.07, 6.45) is 0.936. The highest BCUT2D eigenvalue weighted by Crippen LogP contribution is 2.24. The summed E-state index contributed by atoms with van der Waals surface area (Å²) in [6.45, 7) is 6.68. The molecule has 0 saturated carbocycles. The van der Waals surface area contributed by atoms with Crippen molar-refractivity contribution >= 4 is 17.5 Å². The fraction of sp³-hybridized carbons (Fsp3) is 0.375. The van der Waals surface area contributed by atoms with Crippen LogP contribution in [-0.4, -0.2) is 56.0 Å². The highest BCUT2D eigenvalue weighted by Gasteiger charge is 2.28. The van der Waals surface area contributed by atoms with E-state index in [0.717, 1.165) is 29.6 Å². The summed E-state index contributed by atoms with van der Waals surface area (Å²) in [5, 5.41) is 7.27. The zero-order chi connectivity index (χ0) is 24.4. The summed E-state index contributed by atoms with van der Waals surface area (Å²) < 4.78 is 28.9. The number of nitrogens with zero attached hydrogens (tertiary/aromatic N) is 5. The molecule has 1 amide bonds. The van der Waals surface area contributed by atoms with Gasteiger partial charge in [-0.3, -0.25) is 14.5 Å². The van der Waals surface area contributed by atoms with E-state index in [4.69, 9.17) is 0 Å². The molecule has 34 heavy (non-hydrogen) atoms. The molecule has 10 heteroatoms. The van der Waals surface area contributed by atoms with Gasteiger partial charge in [0.05, 0.1) is 17.8 Å². The largest absolute Gasteiger partial charge is 0.309 e. The van der Waals surface area contributed by atoms with E-state index < -0.39 is 23.3 Å². The standard InChI is InChI=1S/C24H26F2N6O2/c1-14-10-15(2)28-24(27-14)32-21(11-16(3)30-32)29-22(33)13-31-8-6-17(7-9-31)23(34)19-12-18(25)4-5-20(19)26/h4-5,10-12,17H,6-9,13H2,1-3H3,(H,29,33). The summed E-state index contributed by atoms with van der Waals surface area (Å²) in [4.78, 5) is 36.1. The Labute approximate surface area is 196 Å². The first kappa shape index (κ1) is 23.6. The normalized spacial score (nSPS) is 14.9. The lowest BCUT2D eigenvalue weighted by atomic mass is 9.88. The van der Waals surface area contributed by atoms with Crippen LogP contribution in [0.3, 0.4) is 0 Å².